The summed E-state index contributed by atoms with van der Waals surface area (Å²) < 4.78 is 0. The summed E-state index contributed by atoms with van der Waals surface area (Å²) in [7, 11) is 0. The van der Waals surface area contributed by atoms with E-state index in [4.69, 9.17) is 35.4 Å². The fourth-order valence-electron chi connectivity index (χ4n) is 1.60. The Balaban J connectivity index is 2.15. The number of hydrogen-bond donors (Lipinski definition) is 0. The molecular formula is C16H12Cl2S. The van der Waals surface area contributed by atoms with E-state index in [1.807, 2.05) is 36.4 Å². The molecule has 0 amide bonds. The molecule has 0 aliphatic heterocycles. The van der Waals surface area contributed by atoms with Gasteiger partial charge in [0.2, 0.25) is 0 Å². The van der Waals surface area contributed by atoms with Crippen LogP contribution >= 0.6 is 35.4 Å². The average molecular weight is 307 g/mol. The van der Waals surface area contributed by atoms with Crippen molar-refractivity contribution < 1.29 is 0 Å². The molecule has 96 valence electrons. The van der Waals surface area contributed by atoms with Gasteiger partial charge in [0, 0.05) is 4.86 Å². The van der Waals surface area contributed by atoms with Crippen molar-refractivity contribution in [1.29, 1.82) is 0 Å². The summed E-state index contributed by atoms with van der Waals surface area (Å²) in [6.45, 7) is 2.05. The summed E-state index contributed by atoms with van der Waals surface area (Å²) in [6.07, 6.45) is 3.84. The van der Waals surface area contributed by atoms with Crippen LogP contribution < -0.4 is 0 Å². The summed E-state index contributed by atoms with van der Waals surface area (Å²) in [5.74, 6) is 0. The molecule has 2 aromatic carbocycles. The third kappa shape index (κ3) is 3.90. The van der Waals surface area contributed by atoms with E-state index in [9.17, 15) is 0 Å². The third-order valence-electron chi connectivity index (χ3n) is 2.71. The van der Waals surface area contributed by atoms with Crippen molar-refractivity contribution in [3.63, 3.8) is 0 Å². The Morgan fingerprint density at radius 1 is 1.00 bits per heavy atom. The number of rotatable bonds is 3. The number of benzene rings is 2. The summed E-state index contributed by atoms with van der Waals surface area (Å²) in [5, 5.41) is 1.10. The molecule has 2 rings (SSSR count). The highest BCUT2D eigenvalue weighted by molar-refractivity contribution is 7.81. The van der Waals surface area contributed by atoms with Gasteiger partial charge in [-0.1, -0.05) is 77.4 Å². The van der Waals surface area contributed by atoms with Gasteiger partial charge in [0.15, 0.2) is 0 Å². The predicted molar refractivity (Wildman–Crippen MR) is 88.4 cm³/mol. The minimum Gasteiger partial charge on any atom is -0.0827 e. The number of hydrogen-bond acceptors (Lipinski definition) is 1. The van der Waals surface area contributed by atoms with Crippen molar-refractivity contribution in [3.8, 4) is 0 Å². The monoisotopic (exact) mass is 306 g/mol. The molecule has 0 fully saturated rings. The van der Waals surface area contributed by atoms with Crippen LogP contribution in [0.25, 0.3) is 6.08 Å². The quantitative estimate of drug-likeness (QED) is 0.396. The van der Waals surface area contributed by atoms with E-state index < -0.39 is 0 Å². The molecule has 0 aliphatic carbocycles. The molecule has 0 N–H and O–H groups in total. The standard InChI is InChI=1S/C16H12Cl2S/c1-11-2-6-13(7-3-11)16(19)9-5-12-4-8-14(17)15(18)10-12/h2-10H,1H3. The van der Waals surface area contributed by atoms with Crippen LogP contribution in [0.1, 0.15) is 16.7 Å². The Hall–Kier alpha value is -1.15. The molecule has 0 atom stereocenters. The van der Waals surface area contributed by atoms with E-state index in [0.717, 1.165) is 16.0 Å². The largest absolute Gasteiger partial charge is 0.0827 e. The van der Waals surface area contributed by atoms with Crippen molar-refractivity contribution in [1.82, 2.24) is 0 Å². The second-order valence-electron chi connectivity index (χ2n) is 4.24. The second kappa shape index (κ2) is 6.33. The first kappa shape index (κ1) is 14.3. The third-order valence-corrected chi connectivity index (χ3v) is 3.82. The van der Waals surface area contributed by atoms with E-state index in [1.165, 1.54) is 5.56 Å². The Morgan fingerprint density at radius 3 is 2.32 bits per heavy atom. The lowest BCUT2D eigenvalue weighted by atomic mass is 10.1. The molecule has 3 heteroatoms. The van der Waals surface area contributed by atoms with E-state index in [2.05, 4.69) is 19.1 Å². The molecule has 0 saturated carbocycles. The number of allylic oxidation sites excluding steroid dienone is 1. The molecule has 0 unspecified atom stereocenters. The zero-order valence-corrected chi connectivity index (χ0v) is 12.7. The highest BCUT2D eigenvalue weighted by Crippen LogP contribution is 2.23. The SMILES string of the molecule is Cc1ccc(C(=S)C=Cc2ccc(Cl)c(Cl)c2)cc1. The van der Waals surface area contributed by atoms with Crippen molar-refractivity contribution in [2.75, 3.05) is 0 Å². The van der Waals surface area contributed by atoms with Crippen LogP contribution in [0.2, 0.25) is 10.0 Å². The van der Waals surface area contributed by atoms with Gasteiger partial charge in [-0.05, 0) is 36.3 Å². The maximum Gasteiger partial charge on any atom is 0.0598 e. The lowest BCUT2D eigenvalue weighted by Gasteiger charge is -2.00. The second-order valence-corrected chi connectivity index (χ2v) is 5.49. The molecule has 2 aromatic rings. The molecule has 0 spiro atoms. The van der Waals surface area contributed by atoms with Crippen LogP contribution in [0.4, 0.5) is 0 Å². The molecule has 0 aromatic heterocycles. The maximum atomic E-state index is 5.96. The Morgan fingerprint density at radius 2 is 1.68 bits per heavy atom. The van der Waals surface area contributed by atoms with E-state index in [0.29, 0.717) is 10.0 Å². The molecule has 0 saturated heterocycles. The van der Waals surface area contributed by atoms with Crippen LogP contribution in [0.3, 0.4) is 0 Å². The van der Waals surface area contributed by atoms with Crippen LogP contribution in [0.5, 0.6) is 0 Å². The number of thiocarbonyl (C=S) groups is 1. The number of aryl methyl sites for hydroxylation is 1. The van der Waals surface area contributed by atoms with Gasteiger partial charge < -0.3 is 0 Å². The summed E-state index contributed by atoms with van der Waals surface area (Å²) in [5.41, 5.74) is 3.24. The lowest BCUT2D eigenvalue weighted by molar-refractivity contribution is 1.47. The van der Waals surface area contributed by atoms with Gasteiger partial charge in [-0.2, -0.15) is 0 Å². The van der Waals surface area contributed by atoms with Gasteiger partial charge in [-0.15, -0.1) is 0 Å². The Labute approximate surface area is 128 Å². The van der Waals surface area contributed by atoms with Gasteiger partial charge in [-0.3, -0.25) is 0 Å². The summed E-state index contributed by atoms with van der Waals surface area (Å²) >= 11 is 17.2. The van der Waals surface area contributed by atoms with Crippen LogP contribution in [-0.2, 0) is 0 Å². The van der Waals surface area contributed by atoms with Crippen molar-refractivity contribution in [2.45, 2.75) is 6.92 Å². The smallest absolute Gasteiger partial charge is 0.0598 e. The zero-order valence-electron chi connectivity index (χ0n) is 10.4. The molecule has 0 heterocycles. The predicted octanol–water partition coefficient (Wildman–Crippen LogP) is 5.73. The van der Waals surface area contributed by atoms with E-state index in [1.54, 1.807) is 6.07 Å². The van der Waals surface area contributed by atoms with Gasteiger partial charge in [0.1, 0.15) is 0 Å². The first-order valence-electron chi connectivity index (χ1n) is 5.80. The summed E-state index contributed by atoms with van der Waals surface area (Å²) in [6, 6.07) is 13.6. The van der Waals surface area contributed by atoms with Crippen molar-refractivity contribution in [3.05, 3.63) is 75.3 Å². The highest BCUT2D eigenvalue weighted by atomic mass is 35.5. The Kier molecular flexibility index (Phi) is 4.76. The molecule has 0 nitrogen and oxygen atoms in total. The number of halogens is 2. The van der Waals surface area contributed by atoms with E-state index >= 15 is 0 Å². The van der Waals surface area contributed by atoms with Crippen LogP contribution in [-0.4, -0.2) is 4.86 Å². The normalized spacial score (nSPS) is 10.9. The fraction of sp³-hybridized carbons (Fsp3) is 0.0625. The zero-order chi connectivity index (χ0) is 13.8. The topological polar surface area (TPSA) is 0 Å². The summed E-state index contributed by atoms with van der Waals surface area (Å²) in [4.78, 5) is 0.797. The minimum atomic E-state index is 0.546. The first-order valence-corrected chi connectivity index (χ1v) is 6.97. The van der Waals surface area contributed by atoms with E-state index in [-0.39, 0.29) is 0 Å². The molecule has 19 heavy (non-hydrogen) atoms. The average Bonchev–Trinajstić information content (AvgIpc) is 2.40. The molecule has 0 radical (unpaired) electrons. The van der Waals surface area contributed by atoms with Crippen molar-refractivity contribution in [2.24, 2.45) is 0 Å². The van der Waals surface area contributed by atoms with Crippen LogP contribution in [0, 0.1) is 6.92 Å². The highest BCUT2D eigenvalue weighted by Gasteiger charge is 1.99. The molecule has 0 aliphatic rings. The Bertz CT molecular complexity index is 628. The van der Waals surface area contributed by atoms with Crippen molar-refractivity contribution >= 4 is 46.4 Å². The van der Waals surface area contributed by atoms with Gasteiger partial charge in [0.25, 0.3) is 0 Å². The lowest BCUT2D eigenvalue weighted by Crippen LogP contribution is -1.91. The first-order chi connectivity index (χ1) is 9.06. The van der Waals surface area contributed by atoms with Crippen LogP contribution in [0.15, 0.2) is 48.5 Å². The minimum absolute atomic E-state index is 0.546. The molecule has 0 bridgehead atoms. The van der Waals surface area contributed by atoms with Gasteiger partial charge in [-0.25, -0.2) is 0 Å². The fourth-order valence-corrected chi connectivity index (χ4v) is 2.11. The maximum absolute atomic E-state index is 5.96. The molecular weight excluding hydrogens is 295 g/mol. The van der Waals surface area contributed by atoms with Gasteiger partial charge >= 0.3 is 0 Å². The van der Waals surface area contributed by atoms with Gasteiger partial charge in [0.05, 0.1) is 10.0 Å².